The number of carbonyl (C=O) groups is 1. The Morgan fingerprint density at radius 2 is 2.17 bits per heavy atom. The number of hydrogen-bond donors (Lipinski definition) is 1. The van der Waals surface area contributed by atoms with E-state index in [2.05, 4.69) is 19.9 Å². The second-order valence-electron chi connectivity index (χ2n) is 8.94. The van der Waals surface area contributed by atoms with Crippen LogP contribution in [-0.4, -0.2) is 41.4 Å². The number of carbonyl (C=O) groups excluding carboxylic acids is 1. The van der Waals surface area contributed by atoms with Gasteiger partial charge >= 0.3 is 6.09 Å². The molecule has 1 saturated carbocycles. The maximum Gasteiger partial charge on any atom is 0.410 e. The molecule has 1 amide bonds. The van der Waals surface area contributed by atoms with E-state index >= 15 is 0 Å². The Labute approximate surface area is 136 Å². The lowest BCUT2D eigenvalue weighted by Crippen LogP contribution is -2.47. The fourth-order valence-electron chi connectivity index (χ4n) is 5.10. The van der Waals surface area contributed by atoms with Crippen molar-refractivity contribution in [2.45, 2.75) is 58.3 Å². The Balaban J connectivity index is 1.66. The van der Waals surface area contributed by atoms with Gasteiger partial charge in [-0.2, -0.15) is 0 Å². The molecule has 4 atom stereocenters. The van der Waals surface area contributed by atoms with Crippen LogP contribution in [0, 0.1) is 16.7 Å². The molecule has 4 rings (SSSR count). The van der Waals surface area contributed by atoms with Crippen LogP contribution in [0.1, 0.15) is 41.0 Å². The Morgan fingerprint density at radius 1 is 1.48 bits per heavy atom. The number of amides is 1. The molecule has 0 bridgehead atoms. The molecule has 2 aliphatic carbocycles. The van der Waals surface area contributed by atoms with E-state index in [1.54, 1.807) is 0 Å². The van der Waals surface area contributed by atoms with E-state index in [1.807, 2.05) is 25.7 Å². The number of ether oxygens (including phenoxy) is 2. The van der Waals surface area contributed by atoms with Crippen molar-refractivity contribution in [2.75, 3.05) is 13.2 Å². The Kier molecular flexibility index (Phi) is 2.68. The van der Waals surface area contributed by atoms with Crippen molar-refractivity contribution in [3.05, 3.63) is 11.8 Å². The van der Waals surface area contributed by atoms with Gasteiger partial charge in [0.05, 0.1) is 18.1 Å². The Morgan fingerprint density at radius 3 is 2.78 bits per heavy atom. The monoisotopic (exact) mass is 322 g/mol. The van der Waals surface area contributed by atoms with E-state index in [4.69, 9.17) is 20.2 Å². The Bertz CT molecular complexity index is 608. The number of nitrogens with zero attached hydrogens (tertiary/aromatic N) is 1. The highest BCUT2D eigenvalue weighted by Gasteiger charge is 2.86. The molecule has 3 fully saturated rings. The summed E-state index contributed by atoms with van der Waals surface area (Å²) in [5.41, 5.74) is -0.844. The first kappa shape index (κ1) is 15.3. The predicted octanol–water partition coefficient (Wildman–Crippen LogP) is 2.20. The molecular weight excluding hydrogens is 296 g/mol. The minimum Gasteiger partial charge on any atom is -0.491 e. The van der Waals surface area contributed by atoms with E-state index < -0.39 is 5.60 Å². The van der Waals surface area contributed by atoms with E-state index in [0.717, 1.165) is 12.2 Å². The summed E-state index contributed by atoms with van der Waals surface area (Å²) in [7, 11) is 0. The standard InChI is InChI=1S/C17H26N2O4/c1-14(2,3)23-13(20)19-9-16-7-12(16)22-15(4,5)10-6-17(10,16)11(19)8-21-18/h7,10-11H,6,8-9,18H2,1-5H3/t10?,11-,16?,17?/m1/s1. The average molecular weight is 322 g/mol. The third-order valence-electron chi connectivity index (χ3n) is 6.05. The van der Waals surface area contributed by atoms with Crippen molar-refractivity contribution in [1.82, 2.24) is 4.90 Å². The van der Waals surface area contributed by atoms with Crippen molar-refractivity contribution in [3.8, 4) is 0 Å². The largest absolute Gasteiger partial charge is 0.491 e. The van der Waals surface area contributed by atoms with Gasteiger partial charge in [0.2, 0.25) is 0 Å². The minimum absolute atomic E-state index is 0.000355. The smallest absolute Gasteiger partial charge is 0.410 e. The van der Waals surface area contributed by atoms with Gasteiger partial charge in [-0.15, -0.1) is 0 Å². The summed E-state index contributed by atoms with van der Waals surface area (Å²) < 4.78 is 11.8. The van der Waals surface area contributed by atoms with Crippen LogP contribution < -0.4 is 5.90 Å². The molecule has 3 unspecified atom stereocenters. The maximum atomic E-state index is 12.7. The van der Waals surface area contributed by atoms with Gasteiger partial charge in [-0.3, -0.25) is 0 Å². The van der Waals surface area contributed by atoms with Gasteiger partial charge in [0.1, 0.15) is 17.0 Å². The summed E-state index contributed by atoms with van der Waals surface area (Å²) in [5.74, 6) is 6.83. The normalized spacial score (nSPS) is 42.0. The quantitative estimate of drug-likeness (QED) is 0.789. The van der Waals surface area contributed by atoms with Gasteiger partial charge in [0.15, 0.2) is 0 Å². The first-order valence-corrected chi connectivity index (χ1v) is 8.31. The van der Waals surface area contributed by atoms with Crippen molar-refractivity contribution in [3.63, 3.8) is 0 Å². The highest BCUT2D eigenvalue weighted by molar-refractivity contribution is 5.71. The second-order valence-corrected chi connectivity index (χ2v) is 8.94. The highest BCUT2D eigenvalue weighted by Crippen LogP contribution is 2.83. The summed E-state index contributed by atoms with van der Waals surface area (Å²) >= 11 is 0. The van der Waals surface area contributed by atoms with E-state index in [9.17, 15) is 4.79 Å². The van der Waals surface area contributed by atoms with Gasteiger partial charge in [0, 0.05) is 17.9 Å². The molecule has 2 spiro atoms. The maximum absolute atomic E-state index is 12.7. The van der Waals surface area contributed by atoms with E-state index in [-0.39, 0.29) is 28.6 Å². The third kappa shape index (κ3) is 1.79. The van der Waals surface area contributed by atoms with Gasteiger partial charge in [-0.25, -0.2) is 10.7 Å². The van der Waals surface area contributed by atoms with Crippen LogP contribution in [0.3, 0.4) is 0 Å². The topological polar surface area (TPSA) is 74.0 Å². The molecule has 4 aliphatic rings. The Hall–Kier alpha value is -1.27. The molecule has 128 valence electrons. The molecule has 6 heteroatoms. The number of nitrogens with two attached hydrogens (primary N) is 1. The average Bonchev–Trinajstić information content (AvgIpc) is 3.23. The minimum atomic E-state index is -0.521. The molecule has 0 aromatic rings. The van der Waals surface area contributed by atoms with Crippen LogP contribution in [-0.2, 0) is 14.3 Å². The SMILES string of the molecule is CC(C)(C)OC(=O)N1CC23C=C2OC(C)(C)C2CC23[C@H]1CON. The predicted molar refractivity (Wildman–Crippen MR) is 83.1 cm³/mol. The molecule has 6 nitrogen and oxygen atoms in total. The lowest BCUT2D eigenvalue weighted by atomic mass is 9.75. The van der Waals surface area contributed by atoms with Crippen LogP contribution in [0.2, 0.25) is 0 Å². The fourth-order valence-corrected chi connectivity index (χ4v) is 5.10. The molecule has 2 aliphatic heterocycles. The third-order valence-corrected chi connectivity index (χ3v) is 6.05. The van der Waals surface area contributed by atoms with Gasteiger partial charge in [-0.1, -0.05) is 0 Å². The second kappa shape index (κ2) is 4.03. The first-order valence-electron chi connectivity index (χ1n) is 8.31. The summed E-state index contributed by atoms with van der Waals surface area (Å²) in [6.45, 7) is 10.8. The van der Waals surface area contributed by atoms with Crippen molar-refractivity contribution >= 4 is 6.09 Å². The van der Waals surface area contributed by atoms with Gasteiger partial charge in [-0.05, 0) is 47.1 Å². The summed E-state index contributed by atoms with van der Waals surface area (Å²) in [6.07, 6.45) is 2.93. The molecule has 2 saturated heterocycles. The zero-order valence-corrected chi connectivity index (χ0v) is 14.5. The van der Waals surface area contributed by atoms with Gasteiger partial charge < -0.3 is 19.2 Å². The highest BCUT2D eigenvalue weighted by atomic mass is 16.6. The van der Waals surface area contributed by atoms with Crippen molar-refractivity contribution in [1.29, 1.82) is 0 Å². The lowest BCUT2D eigenvalue weighted by molar-refractivity contribution is -0.0503. The first-order chi connectivity index (χ1) is 10.6. The van der Waals surface area contributed by atoms with Crippen LogP contribution in [0.15, 0.2) is 11.8 Å². The van der Waals surface area contributed by atoms with Crippen LogP contribution in [0.5, 0.6) is 0 Å². The van der Waals surface area contributed by atoms with E-state index in [1.165, 1.54) is 0 Å². The number of hydrogen-bond acceptors (Lipinski definition) is 5. The molecule has 0 radical (unpaired) electrons. The molecule has 2 heterocycles. The van der Waals surface area contributed by atoms with Crippen LogP contribution >= 0.6 is 0 Å². The molecular formula is C17H26N2O4. The molecule has 0 aromatic heterocycles. The number of rotatable bonds is 2. The lowest BCUT2D eigenvalue weighted by Gasteiger charge is -2.38. The summed E-state index contributed by atoms with van der Waals surface area (Å²) in [5, 5.41) is 0. The van der Waals surface area contributed by atoms with Crippen molar-refractivity contribution in [2.24, 2.45) is 22.6 Å². The summed E-state index contributed by atoms with van der Waals surface area (Å²) in [6, 6.07) is -0.0655. The molecule has 2 N–H and O–H groups in total. The van der Waals surface area contributed by atoms with E-state index in [0.29, 0.717) is 19.1 Å². The van der Waals surface area contributed by atoms with Crippen LogP contribution in [0.25, 0.3) is 0 Å². The number of likely N-dealkylation sites (tertiary alicyclic amines) is 1. The fraction of sp³-hybridized carbons (Fsp3) is 0.824. The van der Waals surface area contributed by atoms with Crippen molar-refractivity contribution < 1.29 is 19.1 Å². The van der Waals surface area contributed by atoms with Gasteiger partial charge in [0.25, 0.3) is 0 Å². The van der Waals surface area contributed by atoms with Crippen LogP contribution in [0.4, 0.5) is 4.79 Å². The zero-order valence-electron chi connectivity index (χ0n) is 14.5. The molecule has 23 heavy (non-hydrogen) atoms. The molecule has 0 aromatic carbocycles. The summed E-state index contributed by atoms with van der Waals surface area (Å²) in [4.78, 5) is 19.5. The zero-order chi connectivity index (χ0) is 16.8.